The van der Waals surface area contributed by atoms with Crippen LogP contribution in [-0.2, 0) is 4.74 Å². The van der Waals surface area contributed by atoms with Gasteiger partial charge in [0.15, 0.2) is 5.82 Å². The van der Waals surface area contributed by atoms with Crippen LogP contribution in [0.2, 0.25) is 5.02 Å². The van der Waals surface area contributed by atoms with E-state index in [1.807, 2.05) is 20.8 Å². The van der Waals surface area contributed by atoms with Crippen molar-refractivity contribution in [3.05, 3.63) is 21.4 Å². The van der Waals surface area contributed by atoms with Crippen molar-refractivity contribution >= 4 is 44.5 Å². The summed E-state index contributed by atoms with van der Waals surface area (Å²) in [5.74, 6) is -0.549. The maximum Gasteiger partial charge on any atom is 0.410 e. The van der Waals surface area contributed by atoms with Crippen LogP contribution in [0.25, 0.3) is 10.9 Å². The maximum absolute atomic E-state index is 15.2. The van der Waals surface area contributed by atoms with Gasteiger partial charge in [0.25, 0.3) is 0 Å². The topological polar surface area (TPSA) is 77.0 Å². The SMILES string of the molecule is CC(C)(C)OC(=O)N1CCC(Oc2nc(OC[C@@]34CCCN3C[C@H](F)C4)nc3c(F)c(Br)c(Cl)cc23)C1. The largest absolute Gasteiger partial charge is 0.472 e. The van der Waals surface area contributed by atoms with Crippen LogP contribution in [0, 0.1) is 5.82 Å². The molecule has 0 bridgehead atoms. The van der Waals surface area contributed by atoms with E-state index >= 15 is 4.39 Å². The Bertz CT molecular complexity index is 1220. The molecular formula is C25H30BrClF2N4O4. The highest BCUT2D eigenvalue weighted by Crippen LogP contribution is 2.41. The molecule has 1 aromatic carbocycles. The molecule has 1 unspecified atom stereocenters. The molecule has 3 aliphatic rings. The third-order valence-corrected chi connectivity index (χ3v) is 8.38. The third kappa shape index (κ3) is 5.45. The number of amides is 1. The van der Waals surface area contributed by atoms with Gasteiger partial charge in [-0.15, -0.1) is 0 Å². The van der Waals surface area contributed by atoms with E-state index in [1.54, 1.807) is 4.90 Å². The van der Waals surface area contributed by atoms with Crippen LogP contribution >= 0.6 is 27.5 Å². The number of carbonyl (C=O) groups is 1. The zero-order valence-electron chi connectivity index (χ0n) is 21.0. The van der Waals surface area contributed by atoms with Gasteiger partial charge in [-0.2, -0.15) is 9.97 Å². The zero-order chi connectivity index (χ0) is 26.5. The molecule has 0 radical (unpaired) electrons. The van der Waals surface area contributed by atoms with Crippen molar-refractivity contribution in [2.75, 3.05) is 32.8 Å². The van der Waals surface area contributed by atoms with Crippen LogP contribution in [0.15, 0.2) is 10.5 Å². The summed E-state index contributed by atoms with van der Waals surface area (Å²) in [6.07, 6.45) is 1.02. The molecule has 5 rings (SSSR count). The molecule has 8 nitrogen and oxygen atoms in total. The number of fused-ring (bicyclic) bond motifs is 2. The molecule has 202 valence electrons. The molecule has 3 atom stereocenters. The van der Waals surface area contributed by atoms with E-state index in [9.17, 15) is 9.18 Å². The van der Waals surface area contributed by atoms with Gasteiger partial charge >= 0.3 is 12.1 Å². The van der Waals surface area contributed by atoms with E-state index in [-0.39, 0.29) is 33.5 Å². The Labute approximate surface area is 227 Å². The summed E-state index contributed by atoms with van der Waals surface area (Å²) < 4.78 is 47.1. The Balaban J connectivity index is 1.39. The van der Waals surface area contributed by atoms with E-state index < -0.39 is 35.3 Å². The number of alkyl halides is 1. The maximum atomic E-state index is 15.2. The number of hydrogen-bond acceptors (Lipinski definition) is 7. The molecular weight excluding hydrogens is 574 g/mol. The fourth-order valence-corrected chi connectivity index (χ4v) is 5.90. The highest BCUT2D eigenvalue weighted by molar-refractivity contribution is 9.10. The molecule has 37 heavy (non-hydrogen) atoms. The van der Waals surface area contributed by atoms with Gasteiger partial charge in [-0.25, -0.2) is 13.6 Å². The van der Waals surface area contributed by atoms with Crippen LogP contribution in [0.4, 0.5) is 13.6 Å². The van der Waals surface area contributed by atoms with Gasteiger partial charge in [0.05, 0.1) is 27.0 Å². The van der Waals surface area contributed by atoms with Crippen molar-refractivity contribution in [2.45, 2.75) is 69.9 Å². The molecule has 2 aromatic rings. The number of aromatic nitrogens is 2. The zero-order valence-corrected chi connectivity index (χ0v) is 23.4. The molecule has 1 amide bonds. The second-order valence-corrected chi connectivity index (χ2v) is 12.2. The first-order valence-electron chi connectivity index (χ1n) is 12.5. The normalized spacial score (nSPS) is 26.1. The van der Waals surface area contributed by atoms with Gasteiger partial charge in [-0.1, -0.05) is 11.6 Å². The van der Waals surface area contributed by atoms with Gasteiger partial charge in [0, 0.05) is 25.9 Å². The van der Waals surface area contributed by atoms with Gasteiger partial charge < -0.3 is 19.1 Å². The second-order valence-electron chi connectivity index (χ2n) is 11.0. The lowest BCUT2D eigenvalue weighted by Gasteiger charge is -2.30. The summed E-state index contributed by atoms with van der Waals surface area (Å²) in [5.41, 5.74) is -1.02. The van der Waals surface area contributed by atoms with E-state index in [0.717, 1.165) is 19.4 Å². The Morgan fingerprint density at radius 2 is 2.08 bits per heavy atom. The van der Waals surface area contributed by atoms with Gasteiger partial charge in [0.1, 0.15) is 30.0 Å². The number of halogens is 4. The van der Waals surface area contributed by atoms with Crippen molar-refractivity contribution in [2.24, 2.45) is 0 Å². The van der Waals surface area contributed by atoms with E-state index in [0.29, 0.717) is 37.9 Å². The number of nitrogens with zero attached hydrogens (tertiary/aromatic N) is 4. The predicted octanol–water partition coefficient (Wildman–Crippen LogP) is 5.53. The summed E-state index contributed by atoms with van der Waals surface area (Å²) in [7, 11) is 0. The minimum atomic E-state index is -0.897. The van der Waals surface area contributed by atoms with Gasteiger partial charge in [0.2, 0.25) is 5.88 Å². The van der Waals surface area contributed by atoms with Crippen LogP contribution in [0.5, 0.6) is 11.9 Å². The lowest BCUT2D eigenvalue weighted by atomic mass is 9.95. The molecule has 3 fully saturated rings. The van der Waals surface area contributed by atoms with E-state index in [1.165, 1.54) is 6.07 Å². The first-order chi connectivity index (χ1) is 17.4. The fraction of sp³-hybridized carbons (Fsp3) is 0.640. The molecule has 1 aromatic heterocycles. The summed E-state index contributed by atoms with van der Waals surface area (Å²) >= 11 is 9.39. The van der Waals surface area contributed by atoms with Crippen molar-refractivity contribution in [3.8, 4) is 11.9 Å². The molecule has 0 spiro atoms. The molecule has 12 heteroatoms. The lowest BCUT2D eigenvalue weighted by molar-refractivity contribution is 0.0275. The van der Waals surface area contributed by atoms with Crippen molar-refractivity contribution in [1.82, 2.24) is 19.8 Å². The fourth-order valence-electron chi connectivity index (χ4n) is 5.40. The Morgan fingerprint density at radius 3 is 2.84 bits per heavy atom. The van der Waals surface area contributed by atoms with Crippen LogP contribution in [0.1, 0.15) is 46.5 Å². The summed E-state index contributed by atoms with van der Waals surface area (Å²) in [6, 6.07) is 1.48. The summed E-state index contributed by atoms with van der Waals surface area (Å²) in [5, 5.41) is 0.438. The monoisotopic (exact) mass is 602 g/mol. The summed E-state index contributed by atoms with van der Waals surface area (Å²) in [4.78, 5) is 24.9. The standard InChI is InChI=1S/C25H30BrClF2N4O4/c1-24(2,3)37-23(34)32-8-5-15(12-32)36-21-16-9-17(27)18(26)19(29)20(16)30-22(31-21)35-13-25-6-4-7-33(25)11-14(28)10-25/h9,14-15H,4-8,10-13H2,1-3H3/t14-,15?,25+/m1/s1. The number of hydrogen-bond donors (Lipinski definition) is 0. The number of ether oxygens (including phenoxy) is 3. The van der Waals surface area contributed by atoms with Crippen LogP contribution in [0.3, 0.4) is 0 Å². The van der Waals surface area contributed by atoms with Crippen LogP contribution in [-0.4, -0.2) is 82.1 Å². The van der Waals surface area contributed by atoms with Crippen molar-refractivity contribution in [1.29, 1.82) is 0 Å². The molecule has 0 N–H and O–H groups in total. The molecule has 4 heterocycles. The van der Waals surface area contributed by atoms with E-state index in [4.69, 9.17) is 25.8 Å². The molecule has 3 saturated heterocycles. The van der Waals surface area contributed by atoms with Crippen molar-refractivity contribution in [3.63, 3.8) is 0 Å². The first kappa shape index (κ1) is 26.6. The van der Waals surface area contributed by atoms with Gasteiger partial charge in [-0.3, -0.25) is 4.90 Å². The number of benzene rings is 1. The Hall–Kier alpha value is -1.98. The Morgan fingerprint density at radius 1 is 1.30 bits per heavy atom. The molecule has 0 aliphatic carbocycles. The predicted molar refractivity (Wildman–Crippen MR) is 138 cm³/mol. The third-order valence-electron chi connectivity index (χ3n) is 7.08. The quantitative estimate of drug-likeness (QED) is 0.416. The van der Waals surface area contributed by atoms with E-state index in [2.05, 4.69) is 30.8 Å². The smallest absolute Gasteiger partial charge is 0.410 e. The number of likely N-dealkylation sites (tertiary alicyclic amines) is 1. The minimum Gasteiger partial charge on any atom is -0.472 e. The van der Waals surface area contributed by atoms with Gasteiger partial charge in [-0.05, 0) is 62.2 Å². The summed E-state index contributed by atoms with van der Waals surface area (Å²) in [6.45, 7) is 7.59. The number of carbonyl (C=O) groups excluding carboxylic acids is 1. The lowest BCUT2D eigenvalue weighted by Crippen LogP contribution is -2.43. The minimum absolute atomic E-state index is 0.00571. The highest BCUT2D eigenvalue weighted by atomic mass is 79.9. The number of rotatable bonds is 5. The first-order valence-corrected chi connectivity index (χ1v) is 13.6. The van der Waals surface area contributed by atoms with Crippen LogP contribution < -0.4 is 9.47 Å². The second kappa shape index (κ2) is 9.96. The molecule has 3 aliphatic heterocycles. The highest BCUT2D eigenvalue weighted by Gasteiger charge is 2.49. The van der Waals surface area contributed by atoms with Crippen molar-refractivity contribution < 1.29 is 27.8 Å². The Kier molecular flexibility index (Phi) is 7.17. The molecule has 0 saturated carbocycles. The average molecular weight is 604 g/mol. The average Bonchev–Trinajstić information content (AvgIpc) is 3.50.